The summed E-state index contributed by atoms with van der Waals surface area (Å²) in [6, 6.07) is 4.72. The van der Waals surface area contributed by atoms with Gasteiger partial charge in [-0.25, -0.2) is 8.42 Å². The van der Waals surface area contributed by atoms with Crippen molar-refractivity contribution in [2.24, 2.45) is 0 Å². The first-order valence-corrected chi connectivity index (χ1v) is 9.23. The molecule has 0 aliphatic carbocycles. The smallest absolute Gasteiger partial charge is 0.235 e. The maximum absolute atomic E-state index is 12.1. The van der Waals surface area contributed by atoms with Crippen LogP contribution in [0.4, 0.5) is 11.4 Å². The van der Waals surface area contributed by atoms with Gasteiger partial charge in [-0.1, -0.05) is 16.8 Å². The van der Waals surface area contributed by atoms with E-state index >= 15 is 0 Å². The number of anilines is 2. The molecule has 1 amide bonds. The molecule has 10 heteroatoms. The molecule has 2 heterocycles. The van der Waals surface area contributed by atoms with Gasteiger partial charge >= 0.3 is 0 Å². The van der Waals surface area contributed by atoms with Crippen LogP contribution in [0.15, 0.2) is 22.7 Å². The average Bonchev–Trinajstić information content (AvgIpc) is 3.06. The van der Waals surface area contributed by atoms with Crippen molar-refractivity contribution >= 4 is 38.9 Å². The Balaban J connectivity index is 1.78. The molecule has 24 heavy (non-hydrogen) atoms. The molecule has 0 spiro atoms. The molecule has 1 aromatic carbocycles. The summed E-state index contributed by atoms with van der Waals surface area (Å²) in [6.45, 7) is 2.05. The van der Waals surface area contributed by atoms with E-state index in [1.54, 1.807) is 25.1 Å². The number of sulfonamides is 1. The van der Waals surface area contributed by atoms with E-state index in [0.717, 1.165) is 0 Å². The standard InChI is InChI=1S/C14H15ClN4O4S/c1-9-16-13(18-23-9)8-14(20)17-12-7-10(3-4-11(12)15)19-5-2-6-24(19,21)22/h3-4,7H,2,5-6,8H2,1H3,(H,17,20). The summed E-state index contributed by atoms with van der Waals surface area (Å²) in [5.41, 5.74) is 0.809. The third-order valence-electron chi connectivity index (χ3n) is 3.50. The molecule has 0 atom stereocenters. The topological polar surface area (TPSA) is 105 Å². The highest BCUT2D eigenvalue weighted by Gasteiger charge is 2.28. The molecule has 1 N–H and O–H groups in total. The molecule has 3 rings (SSSR count). The molecule has 8 nitrogen and oxygen atoms in total. The maximum atomic E-state index is 12.1. The van der Waals surface area contributed by atoms with Gasteiger partial charge in [0.15, 0.2) is 5.82 Å². The molecule has 2 aromatic rings. The van der Waals surface area contributed by atoms with Crippen LogP contribution in [0.3, 0.4) is 0 Å². The lowest BCUT2D eigenvalue weighted by Crippen LogP contribution is -2.25. The fraction of sp³-hybridized carbons (Fsp3) is 0.357. The van der Waals surface area contributed by atoms with Crippen LogP contribution in [-0.4, -0.2) is 36.8 Å². The van der Waals surface area contributed by atoms with Crippen molar-refractivity contribution in [2.45, 2.75) is 19.8 Å². The summed E-state index contributed by atoms with van der Waals surface area (Å²) in [6.07, 6.45) is 0.504. The number of hydrogen-bond donors (Lipinski definition) is 1. The number of carbonyl (C=O) groups excluding carboxylic acids is 1. The van der Waals surface area contributed by atoms with Gasteiger partial charge in [0.2, 0.25) is 21.8 Å². The lowest BCUT2D eigenvalue weighted by molar-refractivity contribution is -0.115. The second-order valence-corrected chi connectivity index (χ2v) is 7.78. The molecule has 128 valence electrons. The SMILES string of the molecule is Cc1nc(CC(=O)Nc2cc(N3CCCS3(=O)=O)ccc2Cl)no1. The van der Waals surface area contributed by atoms with Crippen LogP contribution in [-0.2, 0) is 21.2 Å². The number of rotatable bonds is 4. The van der Waals surface area contributed by atoms with Crippen molar-refractivity contribution in [3.05, 3.63) is 34.9 Å². The Morgan fingerprint density at radius 1 is 1.46 bits per heavy atom. The van der Waals surface area contributed by atoms with E-state index in [-0.39, 0.29) is 23.9 Å². The predicted octanol–water partition coefficient (Wildman–Crippen LogP) is 1.75. The quantitative estimate of drug-likeness (QED) is 0.878. The summed E-state index contributed by atoms with van der Waals surface area (Å²) >= 11 is 6.09. The minimum atomic E-state index is -3.30. The van der Waals surface area contributed by atoms with Gasteiger partial charge in [-0.05, 0) is 24.6 Å². The lowest BCUT2D eigenvalue weighted by atomic mass is 10.2. The van der Waals surface area contributed by atoms with Crippen LogP contribution in [0.2, 0.25) is 5.02 Å². The van der Waals surface area contributed by atoms with E-state index < -0.39 is 10.0 Å². The molecule has 1 saturated heterocycles. The summed E-state index contributed by atoms with van der Waals surface area (Å²) < 4.78 is 30.1. The third-order valence-corrected chi connectivity index (χ3v) is 5.70. The first kappa shape index (κ1) is 16.7. The van der Waals surface area contributed by atoms with Gasteiger partial charge < -0.3 is 9.84 Å². The number of aryl methyl sites for hydroxylation is 1. The van der Waals surface area contributed by atoms with Crippen LogP contribution >= 0.6 is 11.6 Å². The fourth-order valence-electron chi connectivity index (χ4n) is 2.44. The second kappa shape index (κ2) is 6.40. The normalized spacial score (nSPS) is 16.3. The van der Waals surface area contributed by atoms with Crippen molar-refractivity contribution in [3.8, 4) is 0 Å². The number of carbonyl (C=O) groups is 1. The van der Waals surface area contributed by atoms with Crippen molar-refractivity contribution in [1.29, 1.82) is 0 Å². The first-order valence-electron chi connectivity index (χ1n) is 7.24. The van der Waals surface area contributed by atoms with Crippen molar-refractivity contribution in [3.63, 3.8) is 0 Å². The van der Waals surface area contributed by atoms with Crippen LogP contribution in [0, 0.1) is 6.92 Å². The molecular formula is C14H15ClN4O4S. The molecule has 1 fully saturated rings. The summed E-state index contributed by atoms with van der Waals surface area (Å²) in [5, 5.41) is 6.61. The Kier molecular flexibility index (Phi) is 4.46. The van der Waals surface area contributed by atoms with Gasteiger partial charge in [-0.3, -0.25) is 9.10 Å². The number of aromatic nitrogens is 2. The summed E-state index contributed by atoms with van der Waals surface area (Å²) in [5.74, 6) is 0.379. The number of amides is 1. The Bertz CT molecular complexity index is 881. The van der Waals surface area contributed by atoms with E-state index in [4.69, 9.17) is 16.1 Å². The van der Waals surface area contributed by atoms with E-state index in [9.17, 15) is 13.2 Å². The van der Waals surface area contributed by atoms with Crippen LogP contribution in [0.1, 0.15) is 18.1 Å². The Labute approximate surface area is 143 Å². The van der Waals surface area contributed by atoms with Gasteiger partial charge in [0.25, 0.3) is 0 Å². The second-order valence-electron chi connectivity index (χ2n) is 5.36. The number of nitrogens with zero attached hydrogens (tertiary/aromatic N) is 3. The van der Waals surface area contributed by atoms with Gasteiger partial charge in [0.1, 0.15) is 0 Å². The van der Waals surface area contributed by atoms with E-state index in [1.807, 2.05) is 0 Å². The maximum Gasteiger partial charge on any atom is 0.235 e. The van der Waals surface area contributed by atoms with Crippen LogP contribution < -0.4 is 9.62 Å². The van der Waals surface area contributed by atoms with E-state index in [2.05, 4.69) is 15.5 Å². The minimum Gasteiger partial charge on any atom is -0.340 e. The Hall–Kier alpha value is -2.13. The number of nitrogens with one attached hydrogen (secondary N) is 1. The zero-order valence-electron chi connectivity index (χ0n) is 12.8. The van der Waals surface area contributed by atoms with Crippen LogP contribution in [0.5, 0.6) is 0 Å². The first-order chi connectivity index (χ1) is 11.3. The van der Waals surface area contributed by atoms with Crippen molar-refractivity contribution in [2.75, 3.05) is 21.9 Å². The van der Waals surface area contributed by atoms with Crippen molar-refractivity contribution < 1.29 is 17.7 Å². The molecule has 0 unspecified atom stereocenters. The molecular weight excluding hydrogens is 356 g/mol. The summed E-state index contributed by atoms with van der Waals surface area (Å²) in [4.78, 5) is 16.0. The zero-order valence-corrected chi connectivity index (χ0v) is 14.4. The highest BCUT2D eigenvalue weighted by atomic mass is 35.5. The number of halogens is 1. The lowest BCUT2D eigenvalue weighted by Gasteiger charge is -2.18. The predicted molar refractivity (Wildman–Crippen MR) is 88.6 cm³/mol. The van der Waals surface area contributed by atoms with Gasteiger partial charge in [0, 0.05) is 13.5 Å². The molecule has 1 aliphatic heterocycles. The summed E-state index contributed by atoms with van der Waals surface area (Å²) in [7, 11) is -3.30. The van der Waals surface area contributed by atoms with E-state index in [0.29, 0.717) is 35.3 Å². The highest BCUT2D eigenvalue weighted by Crippen LogP contribution is 2.31. The fourth-order valence-corrected chi connectivity index (χ4v) is 4.17. The highest BCUT2D eigenvalue weighted by molar-refractivity contribution is 7.93. The van der Waals surface area contributed by atoms with Gasteiger partial charge in [-0.2, -0.15) is 4.98 Å². The molecule has 1 aromatic heterocycles. The Morgan fingerprint density at radius 2 is 2.25 bits per heavy atom. The molecule has 1 aliphatic rings. The largest absolute Gasteiger partial charge is 0.340 e. The number of hydrogen-bond acceptors (Lipinski definition) is 6. The monoisotopic (exact) mass is 370 g/mol. The molecule has 0 saturated carbocycles. The number of benzene rings is 1. The average molecular weight is 371 g/mol. The van der Waals surface area contributed by atoms with Gasteiger partial charge in [-0.15, -0.1) is 0 Å². The molecule has 0 bridgehead atoms. The molecule has 0 radical (unpaired) electrons. The van der Waals surface area contributed by atoms with E-state index in [1.165, 1.54) is 4.31 Å². The van der Waals surface area contributed by atoms with Crippen molar-refractivity contribution in [1.82, 2.24) is 10.1 Å². The zero-order chi connectivity index (χ0) is 17.3. The third kappa shape index (κ3) is 3.51. The van der Waals surface area contributed by atoms with Gasteiger partial charge in [0.05, 0.1) is 28.6 Å². The Morgan fingerprint density at radius 3 is 2.88 bits per heavy atom. The minimum absolute atomic E-state index is 0.0695. The van der Waals surface area contributed by atoms with Crippen LogP contribution in [0.25, 0.3) is 0 Å².